The highest BCUT2D eigenvalue weighted by Crippen LogP contribution is 2.61. The van der Waals surface area contributed by atoms with Gasteiger partial charge in [0.05, 0.1) is 19.8 Å². The summed E-state index contributed by atoms with van der Waals surface area (Å²) in [6.45, 7) is 12.3. The number of nitrogens with one attached hydrogen (secondary N) is 1. The van der Waals surface area contributed by atoms with Gasteiger partial charge < -0.3 is 20.7 Å². The number of amides is 1. The molecular weight excluding hydrogens is 635 g/mol. The molecule has 4 aliphatic rings. The average Bonchev–Trinajstić information content (AvgIpc) is 3.49. The van der Waals surface area contributed by atoms with Crippen LogP contribution in [-0.4, -0.2) is 61.9 Å². The molecule has 1 aliphatic heterocycles. The lowest BCUT2D eigenvalue weighted by atomic mass is 9.45. The summed E-state index contributed by atoms with van der Waals surface area (Å²) in [7, 11) is 5.91. The fourth-order valence-corrected chi connectivity index (χ4v) is 9.51. The summed E-state index contributed by atoms with van der Waals surface area (Å²) < 4.78 is 6.20. The SMILES string of the molecule is COc1c(CN2O[C@@H](CN)[C@@H](C(C)C)[C@H]2C(=O)N[C@H]2C[C@@H]3C[C@H]([C@@H]2C)C3(C)C)cccc1-c1cc(CCCCc2ccccn2)cc(N(C)C)c1. The topological polar surface area (TPSA) is 92.9 Å². The molecule has 7 atom stereocenters. The second-order valence-corrected chi connectivity index (χ2v) is 16.6. The molecule has 8 nitrogen and oxygen atoms in total. The molecule has 2 bridgehead atoms. The van der Waals surface area contributed by atoms with Crippen LogP contribution >= 0.6 is 0 Å². The minimum absolute atomic E-state index is 0.0222. The lowest BCUT2D eigenvalue weighted by Crippen LogP contribution is -2.62. The molecule has 2 heterocycles. The number of para-hydroxylation sites is 1. The molecule has 1 saturated heterocycles. The van der Waals surface area contributed by atoms with Crippen molar-refractivity contribution in [1.29, 1.82) is 0 Å². The van der Waals surface area contributed by atoms with Crippen LogP contribution in [0.4, 0.5) is 5.69 Å². The van der Waals surface area contributed by atoms with Crippen molar-refractivity contribution < 1.29 is 14.4 Å². The number of nitrogens with zero attached hydrogens (tertiary/aromatic N) is 3. The van der Waals surface area contributed by atoms with Crippen LogP contribution in [0.1, 0.15) is 77.1 Å². The number of aromatic nitrogens is 1. The lowest BCUT2D eigenvalue weighted by molar-refractivity contribution is -0.175. The molecule has 0 spiro atoms. The van der Waals surface area contributed by atoms with Crippen LogP contribution in [0.15, 0.2) is 60.8 Å². The number of anilines is 1. The van der Waals surface area contributed by atoms with Crippen molar-refractivity contribution in [3.63, 3.8) is 0 Å². The van der Waals surface area contributed by atoms with Crippen molar-refractivity contribution in [2.75, 3.05) is 32.6 Å². The summed E-state index contributed by atoms with van der Waals surface area (Å²) in [4.78, 5) is 27.6. The summed E-state index contributed by atoms with van der Waals surface area (Å²) in [6.07, 6.45) is 8.10. The fraction of sp³-hybridized carbons (Fsp3) is 0.581. The number of rotatable bonds is 14. The van der Waals surface area contributed by atoms with Crippen LogP contribution in [0.2, 0.25) is 0 Å². The van der Waals surface area contributed by atoms with Crippen LogP contribution < -0.4 is 20.7 Å². The Morgan fingerprint density at radius 1 is 1.10 bits per heavy atom. The maximum atomic E-state index is 14.4. The number of hydroxylamine groups is 2. The third-order valence-electron chi connectivity index (χ3n) is 12.6. The number of benzene rings is 2. The molecule has 0 radical (unpaired) electrons. The first-order valence-corrected chi connectivity index (χ1v) is 19.2. The third kappa shape index (κ3) is 7.69. The van der Waals surface area contributed by atoms with Crippen LogP contribution in [0.25, 0.3) is 11.1 Å². The van der Waals surface area contributed by atoms with Crippen molar-refractivity contribution in [1.82, 2.24) is 15.4 Å². The van der Waals surface area contributed by atoms with Gasteiger partial charge in [-0.05, 0) is 103 Å². The van der Waals surface area contributed by atoms with Gasteiger partial charge in [-0.25, -0.2) is 0 Å². The van der Waals surface area contributed by atoms with Gasteiger partial charge in [-0.3, -0.25) is 14.6 Å². The van der Waals surface area contributed by atoms with E-state index in [9.17, 15) is 4.79 Å². The molecule has 7 rings (SSSR count). The molecule has 0 unspecified atom stereocenters. The number of nitrogens with two attached hydrogens (primary N) is 1. The van der Waals surface area contributed by atoms with Crippen LogP contribution in [-0.2, 0) is 29.0 Å². The number of carbonyl (C=O) groups is 1. The van der Waals surface area contributed by atoms with Crippen molar-refractivity contribution in [2.45, 2.75) is 97.9 Å². The number of hydrogen-bond acceptors (Lipinski definition) is 7. The van der Waals surface area contributed by atoms with Gasteiger partial charge in [0.25, 0.3) is 0 Å². The van der Waals surface area contributed by atoms with Gasteiger partial charge in [-0.2, -0.15) is 5.06 Å². The Kier molecular flexibility index (Phi) is 11.4. The summed E-state index contributed by atoms with van der Waals surface area (Å²) >= 11 is 0. The van der Waals surface area contributed by atoms with Gasteiger partial charge in [0.15, 0.2) is 0 Å². The van der Waals surface area contributed by atoms with Crippen LogP contribution in [0, 0.1) is 35.0 Å². The molecule has 276 valence electrons. The van der Waals surface area contributed by atoms with E-state index >= 15 is 0 Å². The Hall–Kier alpha value is -3.46. The number of unbranched alkanes of at least 4 members (excludes halogenated alkanes) is 1. The van der Waals surface area contributed by atoms with Crippen molar-refractivity contribution in [3.8, 4) is 16.9 Å². The molecule has 8 heteroatoms. The summed E-state index contributed by atoms with van der Waals surface area (Å²) in [5.41, 5.74) is 13.4. The maximum absolute atomic E-state index is 14.4. The van der Waals surface area contributed by atoms with Gasteiger partial charge in [0.1, 0.15) is 11.8 Å². The molecule has 3 N–H and O–H groups in total. The van der Waals surface area contributed by atoms with E-state index in [1.807, 2.05) is 17.3 Å². The Balaban J connectivity index is 1.24. The van der Waals surface area contributed by atoms with E-state index in [0.717, 1.165) is 65.9 Å². The molecule has 4 fully saturated rings. The van der Waals surface area contributed by atoms with E-state index in [4.69, 9.17) is 15.3 Å². The minimum atomic E-state index is -0.444. The predicted molar refractivity (Wildman–Crippen MR) is 206 cm³/mol. The largest absolute Gasteiger partial charge is 0.496 e. The number of pyridine rings is 1. The number of ether oxygens (including phenoxy) is 1. The molecular formula is C43H61N5O3. The van der Waals surface area contributed by atoms with E-state index < -0.39 is 6.04 Å². The predicted octanol–water partition coefficient (Wildman–Crippen LogP) is 7.29. The number of methoxy groups -OCH3 is 1. The smallest absolute Gasteiger partial charge is 0.240 e. The third-order valence-corrected chi connectivity index (χ3v) is 12.6. The van der Waals surface area contributed by atoms with Gasteiger partial charge >= 0.3 is 0 Å². The first-order chi connectivity index (χ1) is 24.4. The monoisotopic (exact) mass is 695 g/mol. The van der Waals surface area contributed by atoms with Crippen molar-refractivity contribution in [2.24, 2.45) is 40.7 Å². The zero-order valence-corrected chi connectivity index (χ0v) is 32.2. The zero-order valence-electron chi connectivity index (χ0n) is 32.2. The summed E-state index contributed by atoms with van der Waals surface area (Å²) in [5.74, 6) is 2.83. The molecule has 1 amide bonds. The quantitative estimate of drug-likeness (QED) is 0.171. The van der Waals surface area contributed by atoms with E-state index in [1.165, 1.54) is 12.0 Å². The minimum Gasteiger partial charge on any atom is -0.496 e. The molecule has 2 aromatic carbocycles. The summed E-state index contributed by atoms with van der Waals surface area (Å²) in [6, 6.07) is 19.0. The number of carbonyl (C=O) groups excluding carboxylic acids is 1. The van der Waals surface area contributed by atoms with Gasteiger partial charge in [-0.15, -0.1) is 0 Å². The number of fused-ring (bicyclic) bond motifs is 2. The average molecular weight is 696 g/mol. The molecule has 3 aromatic rings. The van der Waals surface area contributed by atoms with Gasteiger partial charge in [0.2, 0.25) is 5.91 Å². The van der Waals surface area contributed by atoms with Crippen LogP contribution in [0.5, 0.6) is 5.75 Å². The highest BCUT2D eigenvalue weighted by atomic mass is 16.7. The lowest BCUT2D eigenvalue weighted by Gasteiger charge is -2.62. The standard InChI is InChI=1S/C43H61N5O3/c1-27(2)39-38(25-44)51-48(40(39)42(49)46-37-24-32-23-36(28(37)3)43(32,4)5)26-30-15-13-18-35(41(30)50-8)31-20-29(21-34(22-31)47(6)7)14-9-10-16-33-17-11-12-19-45-33/h11-13,15,17-22,27-28,32,36-40H,9-10,14,16,23-26,44H2,1-8H3,(H,46,49)/t28-,32-,36+,37-,38-,39+,40-/m0/s1. The maximum Gasteiger partial charge on any atom is 0.240 e. The Morgan fingerprint density at radius 3 is 2.53 bits per heavy atom. The van der Waals surface area contributed by atoms with E-state index in [0.29, 0.717) is 36.3 Å². The fourth-order valence-electron chi connectivity index (χ4n) is 9.51. The molecule has 3 saturated carbocycles. The molecule has 51 heavy (non-hydrogen) atoms. The Bertz CT molecular complexity index is 1640. The van der Waals surface area contributed by atoms with E-state index in [2.05, 4.69) is 112 Å². The highest BCUT2D eigenvalue weighted by Gasteiger charge is 2.57. The second kappa shape index (κ2) is 15.6. The summed E-state index contributed by atoms with van der Waals surface area (Å²) in [5, 5.41) is 5.44. The molecule has 3 aliphatic carbocycles. The second-order valence-electron chi connectivity index (χ2n) is 16.6. The van der Waals surface area contributed by atoms with Crippen molar-refractivity contribution in [3.05, 3.63) is 77.6 Å². The number of aryl methyl sites for hydroxylation is 2. The molecule has 1 aromatic heterocycles. The Labute approximate surface area is 306 Å². The normalized spacial score (nSPS) is 26.9. The first kappa shape index (κ1) is 37.3. The van der Waals surface area contributed by atoms with Crippen LogP contribution in [0.3, 0.4) is 0 Å². The van der Waals surface area contributed by atoms with Gasteiger partial charge in [-0.1, -0.05) is 65.0 Å². The van der Waals surface area contributed by atoms with Gasteiger partial charge in [0, 0.05) is 61.3 Å². The highest BCUT2D eigenvalue weighted by molar-refractivity contribution is 5.83. The number of hydrogen-bond donors (Lipinski definition) is 2. The van der Waals surface area contributed by atoms with E-state index in [1.54, 1.807) is 7.11 Å². The zero-order chi connectivity index (χ0) is 36.4. The van der Waals surface area contributed by atoms with Crippen molar-refractivity contribution >= 4 is 11.6 Å². The first-order valence-electron chi connectivity index (χ1n) is 19.2. The Morgan fingerprint density at radius 2 is 1.88 bits per heavy atom. The van der Waals surface area contributed by atoms with E-state index in [-0.39, 0.29) is 29.9 Å².